The number of hydrogen-bond acceptors (Lipinski definition) is 2. The van der Waals surface area contributed by atoms with Crippen molar-refractivity contribution in [2.75, 3.05) is 13.1 Å². The predicted octanol–water partition coefficient (Wildman–Crippen LogP) is 4.30. The SMILES string of the molecule is CC(c1ccccc1)N1CCC(C#N)(c2ccccc2)CC1. The van der Waals surface area contributed by atoms with Crippen LogP contribution in [0.1, 0.15) is 36.9 Å². The van der Waals surface area contributed by atoms with E-state index in [0.717, 1.165) is 25.9 Å². The van der Waals surface area contributed by atoms with E-state index >= 15 is 0 Å². The Bertz CT molecular complexity index is 634. The third kappa shape index (κ3) is 2.77. The van der Waals surface area contributed by atoms with Gasteiger partial charge in [0, 0.05) is 19.1 Å². The van der Waals surface area contributed by atoms with E-state index in [9.17, 15) is 5.26 Å². The molecular formula is C20H22N2. The van der Waals surface area contributed by atoms with E-state index in [2.05, 4.69) is 60.4 Å². The zero-order valence-electron chi connectivity index (χ0n) is 13.1. The number of likely N-dealkylation sites (tertiary alicyclic amines) is 1. The molecule has 1 fully saturated rings. The van der Waals surface area contributed by atoms with Crippen LogP contribution in [0.3, 0.4) is 0 Å². The maximum absolute atomic E-state index is 9.77. The Morgan fingerprint density at radius 1 is 0.955 bits per heavy atom. The van der Waals surface area contributed by atoms with E-state index < -0.39 is 0 Å². The van der Waals surface area contributed by atoms with E-state index in [-0.39, 0.29) is 5.41 Å². The minimum absolute atomic E-state index is 0.311. The van der Waals surface area contributed by atoms with Crippen LogP contribution in [0, 0.1) is 11.3 Å². The fourth-order valence-corrected chi connectivity index (χ4v) is 3.46. The lowest BCUT2D eigenvalue weighted by molar-refractivity contribution is 0.142. The first-order valence-corrected chi connectivity index (χ1v) is 8.01. The molecule has 0 aliphatic carbocycles. The Morgan fingerprint density at radius 3 is 2.05 bits per heavy atom. The molecule has 0 bridgehead atoms. The summed E-state index contributed by atoms with van der Waals surface area (Å²) in [5.41, 5.74) is 2.21. The van der Waals surface area contributed by atoms with Gasteiger partial charge in [-0.15, -0.1) is 0 Å². The number of piperidine rings is 1. The molecule has 1 aliphatic heterocycles. The van der Waals surface area contributed by atoms with Crippen molar-refractivity contribution in [3.63, 3.8) is 0 Å². The molecule has 2 aromatic rings. The van der Waals surface area contributed by atoms with E-state index in [1.165, 1.54) is 11.1 Å². The first-order chi connectivity index (χ1) is 10.7. The van der Waals surface area contributed by atoms with Gasteiger partial charge in [-0.05, 0) is 30.9 Å². The second kappa shape index (κ2) is 6.34. The van der Waals surface area contributed by atoms with Crippen LogP contribution >= 0.6 is 0 Å². The number of nitrogens with zero attached hydrogens (tertiary/aromatic N) is 2. The van der Waals surface area contributed by atoms with Crippen LogP contribution in [-0.4, -0.2) is 18.0 Å². The zero-order chi connectivity index (χ0) is 15.4. The highest BCUT2D eigenvalue weighted by atomic mass is 15.2. The summed E-state index contributed by atoms with van der Waals surface area (Å²) in [6.45, 7) is 4.20. The molecule has 0 aromatic heterocycles. The minimum Gasteiger partial charge on any atom is -0.296 e. The summed E-state index contributed by atoms with van der Waals surface area (Å²) in [4.78, 5) is 2.49. The van der Waals surface area contributed by atoms with Crippen LogP contribution < -0.4 is 0 Å². The van der Waals surface area contributed by atoms with E-state index in [0.29, 0.717) is 6.04 Å². The van der Waals surface area contributed by atoms with Gasteiger partial charge in [-0.1, -0.05) is 60.7 Å². The molecule has 22 heavy (non-hydrogen) atoms. The van der Waals surface area contributed by atoms with Crippen molar-refractivity contribution in [1.82, 2.24) is 4.90 Å². The summed E-state index contributed by atoms with van der Waals surface area (Å²) in [5, 5.41) is 9.77. The number of nitriles is 1. The van der Waals surface area contributed by atoms with Crippen molar-refractivity contribution < 1.29 is 0 Å². The molecule has 2 nitrogen and oxygen atoms in total. The predicted molar refractivity (Wildman–Crippen MR) is 89.4 cm³/mol. The highest BCUT2D eigenvalue weighted by Crippen LogP contribution is 2.37. The average molecular weight is 290 g/mol. The van der Waals surface area contributed by atoms with Crippen molar-refractivity contribution in [1.29, 1.82) is 5.26 Å². The normalized spacial score (nSPS) is 19.3. The molecule has 2 heteroatoms. The quantitative estimate of drug-likeness (QED) is 0.842. The second-order valence-corrected chi connectivity index (χ2v) is 6.18. The summed E-state index contributed by atoms with van der Waals surface area (Å²) in [6, 6.07) is 23.9. The van der Waals surface area contributed by atoms with Crippen molar-refractivity contribution in [3.05, 3.63) is 71.8 Å². The van der Waals surface area contributed by atoms with Crippen LogP contribution in [0.5, 0.6) is 0 Å². The Morgan fingerprint density at radius 2 is 1.50 bits per heavy atom. The summed E-state index contributed by atoms with van der Waals surface area (Å²) in [6.07, 6.45) is 1.81. The van der Waals surface area contributed by atoms with Gasteiger partial charge in [0.15, 0.2) is 0 Å². The highest BCUT2D eigenvalue weighted by molar-refractivity contribution is 5.33. The Hall–Kier alpha value is -2.11. The van der Waals surface area contributed by atoms with E-state index in [1.54, 1.807) is 0 Å². The number of rotatable bonds is 3. The Kier molecular flexibility index (Phi) is 4.27. The standard InChI is InChI=1S/C20H22N2/c1-17(18-8-4-2-5-9-18)22-14-12-20(16-21,13-15-22)19-10-6-3-7-11-19/h2-11,17H,12-15H2,1H3. The van der Waals surface area contributed by atoms with Crippen molar-refractivity contribution >= 4 is 0 Å². The molecular weight excluding hydrogens is 268 g/mol. The molecule has 1 atom stereocenters. The maximum atomic E-state index is 9.77. The number of hydrogen-bond donors (Lipinski definition) is 0. The van der Waals surface area contributed by atoms with Crippen molar-refractivity contribution in [2.24, 2.45) is 0 Å². The molecule has 0 spiro atoms. The summed E-state index contributed by atoms with van der Waals surface area (Å²) in [7, 11) is 0. The maximum Gasteiger partial charge on any atom is 0.0846 e. The molecule has 1 heterocycles. The Labute approximate surface area is 133 Å². The second-order valence-electron chi connectivity index (χ2n) is 6.18. The molecule has 0 saturated carbocycles. The summed E-state index contributed by atoms with van der Waals surface area (Å²) >= 11 is 0. The lowest BCUT2D eigenvalue weighted by atomic mass is 9.74. The van der Waals surface area contributed by atoms with Gasteiger partial charge in [0.25, 0.3) is 0 Å². The largest absolute Gasteiger partial charge is 0.296 e. The van der Waals surface area contributed by atoms with Crippen LogP contribution in [-0.2, 0) is 5.41 Å². The lowest BCUT2D eigenvalue weighted by Gasteiger charge is -2.40. The van der Waals surface area contributed by atoms with Gasteiger partial charge in [0.05, 0.1) is 11.5 Å². The van der Waals surface area contributed by atoms with Crippen LogP contribution in [0.2, 0.25) is 0 Å². The van der Waals surface area contributed by atoms with Gasteiger partial charge in [0.1, 0.15) is 0 Å². The summed E-state index contributed by atoms with van der Waals surface area (Å²) < 4.78 is 0. The van der Waals surface area contributed by atoms with Crippen molar-refractivity contribution in [2.45, 2.75) is 31.2 Å². The first kappa shape index (κ1) is 14.8. The van der Waals surface area contributed by atoms with Crippen molar-refractivity contribution in [3.8, 4) is 6.07 Å². The molecule has 112 valence electrons. The number of benzene rings is 2. The van der Waals surface area contributed by atoms with Crippen LogP contribution in [0.4, 0.5) is 0 Å². The van der Waals surface area contributed by atoms with Gasteiger partial charge in [-0.25, -0.2) is 0 Å². The molecule has 0 amide bonds. The lowest BCUT2D eigenvalue weighted by Crippen LogP contribution is -2.42. The fraction of sp³-hybridized carbons (Fsp3) is 0.350. The molecule has 3 rings (SSSR count). The monoisotopic (exact) mass is 290 g/mol. The summed E-state index contributed by atoms with van der Waals surface area (Å²) in [5.74, 6) is 0. The minimum atomic E-state index is -0.311. The molecule has 1 saturated heterocycles. The average Bonchev–Trinajstić information content (AvgIpc) is 2.63. The van der Waals surface area contributed by atoms with Gasteiger partial charge in [-0.2, -0.15) is 5.26 Å². The Balaban J connectivity index is 1.73. The zero-order valence-corrected chi connectivity index (χ0v) is 13.1. The van der Waals surface area contributed by atoms with Gasteiger partial charge < -0.3 is 0 Å². The van der Waals surface area contributed by atoms with E-state index in [4.69, 9.17) is 0 Å². The topological polar surface area (TPSA) is 27.0 Å². The molecule has 1 unspecified atom stereocenters. The fourth-order valence-electron chi connectivity index (χ4n) is 3.46. The molecule has 0 radical (unpaired) electrons. The first-order valence-electron chi connectivity index (χ1n) is 8.01. The van der Waals surface area contributed by atoms with E-state index in [1.807, 2.05) is 18.2 Å². The van der Waals surface area contributed by atoms with Gasteiger partial charge >= 0.3 is 0 Å². The van der Waals surface area contributed by atoms with Crippen LogP contribution in [0.15, 0.2) is 60.7 Å². The van der Waals surface area contributed by atoms with Gasteiger partial charge in [0.2, 0.25) is 0 Å². The third-order valence-corrected chi connectivity index (χ3v) is 5.02. The van der Waals surface area contributed by atoms with Crippen LogP contribution in [0.25, 0.3) is 0 Å². The molecule has 1 aliphatic rings. The third-order valence-electron chi connectivity index (χ3n) is 5.02. The molecule has 2 aromatic carbocycles. The molecule has 0 N–H and O–H groups in total. The smallest absolute Gasteiger partial charge is 0.0846 e. The van der Waals surface area contributed by atoms with Gasteiger partial charge in [-0.3, -0.25) is 4.90 Å². The highest BCUT2D eigenvalue weighted by Gasteiger charge is 2.37.